The Kier molecular flexibility index (Phi) is 17.6. The second kappa shape index (κ2) is 17.7. The zero-order valence-electron chi connectivity index (χ0n) is 16.3. The fourth-order valence-corrected chi connectivity index (χ4v) is 3.44. The van der Waals surface area contributed by atoms with E-state index in [9.17, 15) is 5.11 Å². The van der Waals surface area contributed by atoms with Gasteiger partial charge in [-0.25, -0.2) is 0 Å². The number of hydrogen-bond donors (Lipinski definition) is 3. The topological polar surface area (TPSA) is 60.7 Å². The molecule has 3 nitrogen and oxygen atoms in total. The van der Waals surface area contributed by atoms with Crippen molar-refractivity contribution in [2.24, 2.45) is 0 Å². The second-order valence-corrected chi connectivity index (χ2v) is 7.52. The van der Waals surface area contributed by atoms with Crippen LogP contribution < -0.4 is 0 Å². The van der Waals surface area contributed by atoms with E-state index in [-0.39, 0.29) is 13.2 Å². The molecule has 0 aromatic carbocycles. The molecule has 0 aliphatic carbocycles. The van der Waals surface area contributed by atoms with Gasteiger partial charge in [-0.15, -0.1) is 0 Å². The van der Waals surface area contributed by atoms with Crippen molar-refractivity contribution in [2.75, 3.05) is 13.2 Å². The third kappa shape index (κ3) is 15.4. The SMILES string of the molecule is CCCCCCCCCCCCCCCCC(O)(CCO)CCO. The molecule has 146 valence electrons. The van der Waals surface area contributed by atoms with Gasteiger partial charge in [0.1, 0.15) is 0 Å². The van der Waals surface area contributed by atoms with Crippen LogP contribution in [0, 0.1) is 0 Å². The number of unbranched alkanes of at least 4 members (excludes halogenated alkanes) is 13. The Morgan fingerprint density at radius 3 is 1.17 bits per heavy atom. The third-order valence-corrected chi connectivity index (χ3v) is 5.15. The van der Waals surface area contributed by atoms with E-state index in [4.69, 9.17) is 10.2 Å². The number of aliphatic hydroxyl groups excluding tert-OH is 2. The van der Waals surface area contributed by atoms with Gasteiger partial charge >= 0.3 is 0 Å². The summed E-state index contributed by atoms with van der Waals surface area (Å²) in [6, 6.07) is 0. The van der Waals surface area contributed by atoms with E-state index in [1.165, 1.54) is 77.0 Å². The standard InChI is InChI=1S/C21H44O3/c1-2-3-4-5-6-7-8-9-10-11-12-13-14-15-16-21(24,17-19-22)18-20-23/h22-24H,2-20H2,1H3. The predicted octanol–water partition coefficient (Wildman–Crippen LogP) is 5.35. The number of aliphatic hydroxyl groups is 3. The first-order valence-corrected chi connectivity index (χ1v) is 10.6. The van der Waals surface area contributed by atoms with Crippen molar-refractivity contribution in [3.05, 3.63) is 0 Å². The fraction of sp³-hybridized carbons (Fsp3) is 1.00. The molecule has 0 aliphatic rings. The lowest BCUT2D eigenvalue weighted by atomic mass is 9.89. The zero-order chi connectivity index (χ0) is 17.9. The summed E-state index contributed by atoms with van der Waals surface area (Å²) < 4.78 is 0. The van der Waals surface area contributed by atoms with Gasteiger partial charge < -0.3 is 15.3 Å². The molecule has 3 N–H and O–H groups in total. The monoisotopic (exact) mass is 344 g/mol. The molecule has 0 amide bonds. The second-order valence-electron chi connectivity index (χ2n) is 7.52. The Hall–Kier alpha value is -0.120. The van der Waals surface area contributed by atoms with E-state index in [0.29, 0.717) is 19.3 Å². The van der Waals surface area contributed by atoms with E-state index in [1.54, 1.807) is 0 Å². The van der Waals surface area contributed by atoms with Crippen LogP contribution in [0.3, 0.4) is 0 Å². The molecule has 0 aromatic heterocycles. The molecular weight excluding hydrogens is 300 g/mol. The lowest BCUT2D eigenvalue weighted by molar-refractivity contribution is -0.0140. The van der Waals surface area contributed by atoms with Crippen LogP contribution in [0.1, 0.15) is 116 Å². The number of rotatable bonds is 19. The lowest BCUT2D eigenvalue weighted by Crippen LogP contribution is -2.31. The summed E-state index contributed by atoms with van der Waals surface area (Å²) in [7, 11) is 0. The molecule has 0 saturated heterocycles. The van der Waals surface area contributed by atoms with Crippen molar-refractivity contribution in [1.82, 2.24) is 0 Å². The molecule has 0 bridgehead atoms. The van der Waals surface area contributed by atoms with Crippen LogP contribution in [0.4, 0.5) is 0 Å². The van der Waals surface area contributed by atoms with Crippen molar-refractivity contribution < 1.29 is 15.3 Å². The molecule has 0 aromatic rings. The average molecular weight is 345 g/mol. The zero-order valence-corrected chi connectivity index (χ0v) is 16.3. The molecule has 0 fully saturated rings. The molecular formula is C21H44O3. The van der Waals surface area contributed by atoms with Gasteiger partial charge in [0, 0.05) is 13.2 Å². The van der Waals surface area contributed by atoms with Crippen LogP contribution in [0.25, 0.3) is 0 Å². The largest absolute Gasteiger partial charge is 0.396 e. The van der Waals surface area contributed by atoms with Gasteiger partial charge in [0.05, 0.1) is 5.60 Å². The Morgan fingerprint density at radius 2 is 0.833 bits per heavy atom. The van der Waals surface area contributed by atoms with Crippen LogP contribution in [0.15, 0.2) is 0 Å². The maximum absolute atomic E-state index is 10.3. The Labute approximate surface area is 150 Å². The lowest BCUT2D eigenvalue weighted by Gasteiger charge is -2.26. The van der Waals surface area contributed by atoms with Crippen LogP contribution in [0.2, 0.25) is 0 Å². The van der Waals surface area contributed by atoms with E-state index in [0.717, 1.165) is 12.8 Å². The number of hydrogen-bond acceptors (Lipinski definition) is 3. The molecule has 0 aliphatic heterocycles. The van der Waals surface area contributed by atoms with E-state index in [2.05, 4.69) is 6.92 Å². The van der Waals surface area contributed by atoms with Crippen LogP contribution in [-0.2, 0) is 0 Å². The summed E-state index contributed by atoms with van der Waals surface area (Å²) in [4.78, 5) is 0. The predicted molar refractivity (Wildman–Crippen MR) is 103 cm³/mol. The summed E-state index contributed by atoms with van der Waals surface area (Å²) in [5, 5.41) is 28.3. The average Bonchev–Trinajstić information content (AvgIpc) is 2.55. The summed E-state index contributed by atoms with van der Waals surface area (Å²) in [6.07, 6.45) is 20.1. The summed E-state index contributed by atoms with van der Waals surface area (Å²) in [6.45, 7) is 2.26. The normalized spacial score (nSPS) is 12.0. The summed E-state index contributed by atoms with van der Waals surface area (Å²) in [5.41, 5.74) is -0.860. The van der Waals surface area contributed by atoms with Gasteiger partial charge in [0.2, 0.25) is 0 Å². The van der Waals surface area contributed by atoms with Gasteiger partial charge in [-0.05, 0) is 19.3 Å². The molecule has 0 unspecified atom stereocenters. The van der Waals surface area contributed by atoms with Crippen molar-refractivity contribution in [2.45, 2.75) is 122 Å². The van der Waals surface area contributed by atoms with Gasteiger partial charge in [0.25, 0.3) is 0 Å². The first kappa shape index (κ1) is 23.9. The molecule has 0 atom stereocenters. The van der Waals surface area contributed by atoms with Crippen molar-refractivity contribution >= 4 is 0 Å². The van der Waals surface area contributed by atoms with E-state index >= 15 is 0 Å². The maximum Gasteiger partial charge on any atom is 0.0691 e. The minimum Gasteiger partial charge on any atom is -0.396 e. The Balaban J connectivity index is 3.30. The molecule has 0 radical (unpaired) electrons. The highest BCUT2D eigenvalue weighted by Gasteiger charge is 2.24. The third-order valence-electron chi connectivity index (χ3n) is 5.15. The van der Waals surface area contributed by atoms with Crippen LogP contribution in [-0.4, -0.2) is 34.1 Å². The minimum absolute atomic E-state index is 0.00486. The molecule has 24 heavy (non-hydrogen) atoms. The maximum atomic E-state index is 10.3. The molecule has 0 rings (SSSR count). The minimum atomic E-state index is -0.860. The first-order valence-electron chi connectivity index (χ1n) is 10.6. The van der Waals surface area contributed by atoms with E-state index in [1.807, 2.05) is 0 Å². The van der Waals surface area contributed by atoms with Crippen LogP contribution in [0.5, 0.6) is 0 Å². The van der Waals surface area contributed by atoms with Crippen molar-refractivity contribution in [3.63, 3.8) is 0 Å². The first-order chi connectivity index (χ1) is 11.7. The van der Waals surface area contributed by atoms with Gasteiger partial charge in [-0.2, -0.15) is 0 Å². The smallest absolute Gasteiger partial charge is 0.0691 e. The highest BCUT2D eigenvalue weighted by atomic mass is 16.3. The Morgan fingerprint density at radius 1 is 0.500 bits per heavy atom. The molecule has 0 saturated carbocycles. The quantitative estimate of drug-likeness (QED) is 0.277. The summed E-state index contributed by atoms with van der Waals surface area (Å²) >= 11 is 0. The molecule has 3 heteroatoms. The summed E-state index contributed by atoms with van der Waals surface area (Å²) in [5.74, 6) is 0. The van der Waals surface area contributed by atoms with E-state index < -0.39 is 5.60 Å². The van der Waals surface area contributed by atoms with Crippen molar-refractivity contribution in [3.8, 4) is 0 Å². The fourth-order valence-electron chi connectivity index (χ4n) is 3.44. The highest BCUT2D eigenvalue weighted by Crippen LogP contribution is 2.23. The van der Waals surface area contributed by atoms with Gasteiger partial charge in [0.15, 0.2) is 0 Å². The highest BCUT2D eigenvalue weighted by molar-refractivity contribution is 4.77. The molecule has 0 spiro atoms. The Bertz CT molecular complexity index is 237. The van der Waals surface area contributed by atoms with Crippen molar-refractivity contribution in [1.29, 1.82) is 0 Å². The molecule has 0 heterocycles. The van der Waals surface area contributed by atoms with Crippen LogP contribution >= 0.6 is 0 Å². The van der Waals surface area contributed by atoms with Gasteiger partial charge in [-0.1, -0.05) is 96.8 Å². The van der Waals surface area contributed by atoms with Gasteiger partial charge in [-0.3, -0.25) is 0 Å².